The summed E-state index contributed by atoms with van der Waals surface area (Å²) in [5.41, 5.74) is 0.163. The van der Waals surface area contributed by atoms with E-state index in [1.165, 1.54) is 10.5 Å². The Bertz CT molecular complexity index is 483. The van der Waals surface area contributed by atoms with E-state index in [9.17, 15) is 8.42 Å². The fourth-order valence-corrected chi connectivity index (χ4v) is 2.43. The van der Waals surface area contributed by atoms with Crippen LogP contribution in [0.5, 0.6) is 0 Å². The molecule has 1 rings (SSSR count). The van der Waals surface area contributed by atoms with Crippen molar-refractivity contribution in [1.82, 2.24) is 14.5 Å². The standard InChI is InChI=1S/C8H13N5O2S/c1-3-13(4-2)16(14,15)12-8-7(5-9)6-10-11-8/h6H,3-4H2,1-2H3,(H2,10,11,12). The number of hydrogen-bond donors (Lipinski definition) is 2. The van der Waals surface area contributed by atoms with Crippen molar-refractivity contribution in [1.29, 1.82) is 5.26 Å². The van der Waals surface area contributed by atoms with E-state index in [0.717, 1.165) is 0 Å². The van der Waals surface area contributed by atoms with Crippen molar-refractivity contribution < 1.29 is 8.42 Å². The number of rotatable bonds is 5. The van der Waals surface area contributed by atoms with Gasteiger partial charge < -0.3 is 0 Å². The van der Waals surface area contributed by atoms with Crippen molar-refractivity contribution in [2.75, 3.05) is 17.8 Å². The Labute approximate surface area is 94.3 Å². The quantitative estimate of drug-likeness (QED) is 0.775. The Morgan fingerprint density at radius 2 is 2.19 bits per heavy atom. The molecule has 0 saturated heterocycles. The van der Waals surface area contributed by atoms with Gasteiger partial charge in [-0.3, -0.25) is 9.82 Å². The lowest BCUT2D eigenvalue weighted by molar-refractivity contribution is 0.449. The lowest BCUT2D eigenvalue weighted by Gasteiger charge is -2.18. The van der Waals surface area contributed by atoms with Gasteiger partial charge in [-0.2, -0.15) is 23.1 Å². The van der Waals surface area contributed by atoms with Gasteiger partial charge in [-0.05, 0) is 0 Å². The zero-order chi connectivity index (χ0) is 12.2. The van der Waals surface area contributed by atoms with Crippen LogP contribution in [0.3, 0.4) is 0 Å². The number of nitrogens with zero attached hydrogens (tertiary/aromatic N) is 3. The van der Waals surface area contributed by atoms with Crippen molar-refractivity contribution in [2.45, 2.75) is 13.8 Å². The van der Waals surface area contributed by atoms with Crippen molar-refractivity contribution in [2.24, 2.45) is 0 Å². The molecule has 0 spiro atoms. The summed E-state index contributed by atoms with van der Waals surface area (Å²) in [4.78, 5) is 0. The molecule has 0 aliphatic rings. The van der Waals surface area contributed by atoms with E-state index in [1.807, 2.05) is 6.07 Å². The molecule has 0 aromatic carbocycles. The first-order valence-electron chi connectivity index (χ1n) is 4.76. The Hall–Kier alpha value is -1.59. The first kappa shape index (κ1) is 12.5. The Morgan fingerprint density at radius 3 is 2.69 bits per heavy atom. The van der Waals surface area contributed by atoms with Crippen LogP contribution in [0.1, 0.15) is 19.4 Å². The van der Waals surface area contributed by atoms with Gasteiger partial charge in [-0.25, -0.2) is 0 Å². The van der Waals surface area contributed by atoms with Crippen LogP contribution in [-0.2, 0) is 10.2 Å². The van der Waals surface area contributed by atoms with Gasteiger partial charge >= 0.3 is 10.2 Å². The molecule has 0 unspecified atom stereocenters. The van der Waals surface area contributed by atoms with Crippen LogP contribution in [0.4, 0.5) is 5.82 Å². The molecule has 0 atom stereocenters. The third-order valence-electron chi connectivity index (χ3n) is 2.04. The molecule has 0 saturated carbocycles. The molecule has 2 N–H and O–H groups in total. The number of anilines is 1. The minimum atomic E-state index is -3.62. The lowest BCUT2D eigenvalue weighted by Crippen LogP contribution is -2.35. The van der Waals surface area contributed by atoms with Gasteiger partial charge in [-0.1, -0.05) is 13.8 Å². The van der Waals surface area contributed by atoms with Gasteiger partial charge in [0.15, 0.2) is 5.82 Å². The summed E-state index contributed by atoms with van der Waals surface area (Å²) < 4.78 is 27.1. The summed E-state index contributed by atoms with van der Waals surface area (Å²) in [6, 6.07) is 1.83. The van der Waals surface area contributed by atoms with Crippen LogP contribution in [0.25, 0.3) is 0 Å². The predicted octanol–water partition coefficient (Wildman–Crippen LogP) is 0.280. The van der Waals surface area contributed by atoms with E-state index < -0.39 is 10.2 Å². The second kappa shape index (κ2) is 4.96. The topological polar surface area (TPSA) is 102 Å². The predicted molar refractivity (Wildman–Crippen MR) is 58.8 cm³/mol. The van der Waals surface area contributed by atoms with Gasteiger partial charge in [-0.15, -0.1) is 0 Å². The minimum absolute atomic E-state index is 0.0920. The van der Waals surface area contributed by atoms with Crippen molar-refractivity contribution >= 4 is 16.0 Å². The number of H-pyrrole nitrogens is 1. The highest BCUT2D eigenvalue weighted by molar-refractivity contribution is 7.90. The summed E-state index contributed by atoms with van der Waals surface area (Å²) in [6.07, 6.45) is 1.26. The van der Waals surface area contributed by atoms with E-state index >= 15 is 0 Å². The van der Waals surface area contributed by atoms with Crippen LogP contribution in [0.2, 0.25) is 0 Å². The second-order valence-electron chi connectivity index (χ2n) is 2.96. The molecule has 1 aromatic rings. The van der Waals surface area contributed by atoms with Crippen LogP contribution in [0, 0.1) is 11.3 Å². The SMILES string of the molecule is CCN(CC)S(=O)(=O)Nc1[nH]ncc1C#N. The largest absolute Gasteiger partial charge is 0.302 e. The van der Waals surface area contributed by atoms with Crippen molar-refractivity contribution in [3.63, 3.8) is 0 Å². The zero-order valence-corrected chi connectivity index (χ0v) is 9.87. The molecule has 0 radical (unpaired) electrons. The molecular weight excluding hydrogens is 230 g/mol. The molecule has 1 aromatic heterocycles. The third kappa shape index (κ3) is 2.50. The monoisotopic (exact) mass is 243 g/mol. The Morgan fingerprint density at radius 1 is 1.56 bits per heavy atom. The average Bonchev–Trinajstić information content (AvgIpc) is 2.65. The Kier molecular flexibility index (Phi) is 3.87. The van der Waals surface area contributed by atoms with Gasteiger partial charge in [0.05, 0.1) is 6.20 Å². The fourth-order valence-electron chi connectivity index (χ4n) is 1.21. The normalized spacial score (nSPS) is 11.4. The maximum absolute atomic E-state index is 11.8. The van der Waals surface area contributed by atoms with E-state index in [0.29, 0.717) is 13.1 Å². The number of aromatic amines is 1. The van der Waals surface area contributed by atoms with E-state index in [4.69, 9.17) is 5.26 Å². The molecule has 7 nitrogen and oxygen atoms in total. The molecule has 0 aliphatic heterocycles. The maximum atomic E-state index is 11.8. The minimum Gasteiger partial charge on any atom is -0.261 e. The first-order valence-corrected chi connectivity index (χ1v) is 6.20. The van der Waals surface area contributed by atoms with Crippen LogP contribution in [-0.4, -0.2) is 36.0 Å². The summed E-state index contributed by atoms with van der Waals surface area (Å²) in [5.74, 6) is 0.0920. The highest BCUT2D eigenvalue weighted by Gasteiger charge is 2.20. The fraction of sp³-hybridized carbons (Fsp3) is 0.500. The van der Waals surface area contributed by atoms with Crippen LogP contribution in [0.15, 0.2) is 6.20 Å². The molecular formula is C8H13N5O2S. The third-order valence-corrected chi connectivity index (χ3v) is 3.69. The van der Waals surface area contributed by atoms with Crippen LogP contribution >= 0.6 is 0 Å². The molecule has 8 heteroatoms. The molecule has 0 amide bonds. The smallest absolute Gasteiger partial charge is 0.261 e. The van der Waals surface area contributed by atoms with E-state index in [-0.39, 0.29) is 11.4 Å². The molecule has 0 aliphatic carbocycles. The van der Waals surface area contributed by atoms with Crippen molar-refractivity contribution in [3.8, 4) is 6.07 Å². The molecule has 1 heterocycles. The molecule has 88 valence electrons. The number of nitriles is 1. The van der Waals surface area contributed by atoms with Crippen LogP contribution < -0.4 is 4.72 Å². The summed E-state index contributed by atoms with van der Waals surface area (Å²) in [7, 11) is -3.62. The van der Waals surface area contributed by atoms with Gasteiger partial charge in [0.25, 0.3) is 0 Å². The molecule has 0 fully saturated rings. The average molecular weight is 243 g/mol. The first-order chi connectivity index (χ1) is 7.55. The highest BCUT2D eigenvalue weighted by Crippen LogP contribution is 2.12. The van der Waals surface area contributed by atoms with Gasteiger partial charge in [0, 0.05) is 13.1 Å². The highest BCUT2D eigenvalue weighted by atomic mass is 32.2. The number of nitrogens with one attached hydrogen (secondary N) is 2. The Balaban J connectivity index is 2.93. The molecule has 0 bridgehead atoms. The summed E-state index contributed by atoms with van der Waals surface area (Å²) in [5, 5.41) is 14.7. The summed E-state index contributed by atoms with van der Waals surface area (Å²) >= 11 is 0. The zero-order valence-electron chi connectivity index (χ0n) is 9.06. The molecule has 16 heavy (non-hydrogen) atoms. The van der Waals surface area contributed by atoms with Gasteiger partial charge in [0.2, 0.25) is 0 Å². The number of aromatic nitrogens is 2. The lowest BCUT2D eigenvalue weighted by atomic mass is 10.4. The van der Waals surface area contributed by atoms with E-state index in [1.54, 1.807) is 13.8 Å². The maximum Gasteiger partial charge on any atom is 0.302 e. The van der Waals surface area contributed by atoms with E-state index in [2.05, 4.69) is 14.9 Å². The summed E-state index contributed by atoms with van der Waals surface area (Å²) in [6.45, 7) is 4.20. The number of hydrogen-bond acceptors (Lipinski definition) is 4. The van der Waals surface area contributed by atoms with Gasteiger partial charge in [0.1, 0.15) is 11.6 Å². The van der Waals surface area contributed by atoms with Crippen molar-refractivity contribution in [3.05, 3.63) is 11.8 Å². The second-order valence-corrected chi connectivity index (χ2v) is 4.63.